The number of hydrogen-bond donors (Lipinski definition) is 2. The van der Waals surface area contributed by atoms with Crippen LogP contribution in [0.3, 0.4) is 0 Å². The number of benzene rings is 2. The molecule has 4 amide bonds. The minimum atomic E-state index is -4.73. The van der Waals surface area contributed by atoms with Crippen LogP contribution >= 0.6 is 23.2 Å². The van der Waals surface area contributed by atoms with Crippen molar-refractivity contribution in [2.24, 2.45) is 23.7 Å². The van der Waals surface area contributed by atoms with E-state index < -0.39 is 63.6 Å². The van der Waals surface area contributed by atoms with Gasteiger partial charge in [0, 0.05) is 23.7 Å². The molecule has 4 aliphatic rings. The number of rotatable bonds is 5. The van der Waals surface area contributed by atoms with Crippen molar-refractivity contribution in [3.05, 3.63) is 99.2 Å². The van der Waals surface area contributed by atoms with Crippen LogP contribution in [0.5, 0.6) is 5.75 Å². The number of phenols is 1. The molecule has 9 nitrogen and oxygen atoms in total. The highest BCUT2D eigenvalue weighted by Gasteiger charge is 2.70. The van der Waals surface area contributed by atoms with E-state index in [-0.39, 0.29) is 42.8 Å². The van der Waals surface area contributed by atoms with Gasteiger partial charge in [0.15, 0.2) is 5.82 Å². The lowest BCUT2D eigenvalue weighted by Gasteiger charge is -2.50. The number of hydrogen-bond acceptors (Lipinski definition) is 7. The number of allylic oxidation sites excluding steroid dienone is 2. The van der Waals surface area contributed by atoms with Crippen molar-refractivity contribution in [3.63, 3.8) is 0 Å². The molecule has 3 heterocycles. The second-order valence-electron chi connectivity index (χ2n) is 12.4. The van der Waals surface area contributed by atoms with Gasteiger partial charge in [0.2, 0.25) is 11.8 Å². The van der Waals surface area contributed by atoms with Crippen molar-refractivity contribution in [2.45, 2.75) is 37.3 Å². The number of nitrogens with zero attached hydrogens (tertiary/aromatic N) is 3. The second-order valence-corrected chi connectivity index (χ2v) is 13.3. The molecule has 7 rings (SSSR count). The summed E-state index contributed by atoms with van der Waals surface area (Å²) in [5.74, 6) is -6.35. The summed E-state index contributed by atoms with van der Waals surface area (Å²) >= 11 is 12.5. The fourth-order valence-electron chi connectivity index (χ4n) is 8.20. The van der Waals surface area contributed by atoms with Gasteiger partial charge in [-0.25, -0.2) is 4.98 Å². The molecule has 6 atom stereocenters. The third-order valence-electron chi connectivity index (χ3n) is 10.2. The van der Waals surface area contributed by atoms with Gasteiger partial charge in [0.25, 0.3) is 11.8 Å². The molecule has 0 spiro atoms. The zero-order valence-electron chi connectivity index (χ0n) is 25.2. The van der Waals surface area contributed by atoms with Crippen molar-refractivity contribution in [2.75, 3.05) is 12.0 Å². The number of aromatic nitrogens is 1. The molecule has 2 saturated heterocycles. The summed E-state index contributed by atoms with van der Waals surface area (Å²) in [5.41, 5.74) is 1.56. The fourth-order valence-corrected chi connectivity index (χ4v) is 8.54. The van der Waals surface area contributed by atoms with Gasteiger partial charge in [-0.05, 0) is 67.1 Å². The summed E-state index contributed by atoms with van der Waals surface area (Å²) in [6.07, 6.45) is -2.01. The summed E-state index contributed by atoms with van der Waals surface area (Å²) in [4.78, 5) is 61.6. The van der Waals surface area contributed by atoms with Gasteiger partial charge in [-0.15, -0.1) is 0 Å². The summed E-state index contributed by atoms with van der Waals surface area (Å²) in [6.45, 7) is 1.92. The van der Waals surface area contributed by atoms with E-state index in [0.717, 1.165) is 5.01 Å². The Bertz CT molecular complexity index is 1900. The summed E-state index contributed by atoms with van der Waals surface area (Å²) < 4.78 is 40.0. The smallest absolute Gasteiger partial charge is 0.417 e. The predicted octanol–water partition coefficient (Wildman–Crippen LogP) is 6.12. The SMILES string of the molecule is CCN1C(=O)[C@H]2[C@H](CC=C3[C@H]2C[C@H]2C(=O)N(Nc4ncc(C(F)(F)F)cc4Cl)C(=O)[C@@]2(c2ccc(Cl)cc2)[C@H]3c2ccc(O)cc2)C1=O. The molecule has 2 aliphatic carbocycles. The number of likely N-dealkylation sites (tertiary alicyclic amines) is 1. The van der Waals surface area contributed by atoms with Crippen molar-refractivity contribution in [1.29, 1.82) is 0 Å². The molecule has 0 radical (unpaired) electrons. The molecule has 1 aromatic heterocycles. The van der Waals surface area contributed by atoms with E-state index >= 15 is 4.79 Å². The van der Waals surface area contributed by atoms with Crippen molar-refractivity contribution >= 4 is 52.6 Å². The molecule has 2 aliphatic heterocycles. The number of alkyl halides is 3. The van der Waals surface area contributed by atoms with Gasteiger partial charge in [-0.2, -0.15) is 18.2 Å². The Morgan fingerprint density at radius 1 is 0.979 bits per heavy atom. The van der Waals surface area contributed by atoms with Crippen LogP contribution in [0.2, 0.25) is 10.0 Å². The number of halogens is 5. The van der Waals surface area contributed by atoms with Gasteiger partial charge >= 0.3 is 6.18 Å². The largest absolute Gasteiger partial charge is 0.508 e. The molecule has 1 saturated carbocycles. The Hall–Kier alpha value is -4.42. The zero-order valence-corrected chi connectivity index (χ0v) is 26.7. The lowest BCUT2D eigenvalue weighted by Crippen LogP contribution is -2.53. The number of nitrogens with one attached hydrogen (secondary N) is 1. The number of fused-ring (bicyclic) bond motifs is 4. The van der Waals surface area contributed by atoms with E-state index in [2.05, 4.69) is 10.4 Å². The normalized spacial score (nSPS) is 28.3. The first kappa shape index (κ1) is 32.1. The zero-order chi connectivity index (χ0) is 34.3. The van der Waals surface area contributed by atoms with E-state index in [1.165, 1.54) is 17.0 Å². The maximum absolute atomic E-state index is 15.0. The number of imide groups is 2. The van der Waals surface area contributed by atoms with Crippen molar-refractivity contribution in [1.82, 2.24) is 14.9 Å². The van der Waals surface area contributed by atoms with E-state index in [1.54, 1.807) is 43.3 Å². The first-order valence-electron chi connectivity index (χ1n) is 15.3. The number of carbonyl (C=O) groups excluding carboxylic acids is 4. The van der Waals surface area contributed by atoms with Crippen LogP contribution in [-0.4, -0.2) is 50.2 Å². The number of amides is 4. The van der Waals surface area contributed by atoms with Crippen molar-refractivity contribution in [3.8, 4) is 5.75 Å². The third kappa shape index (κ3) is 4.63. The summed E-state index contributed by atoms with van der Waals surface area (Å²) in [5, 5.41) is 10.8. The number of carbonyl (C=O) groups is 4. The molecular weight excluding hydrogens is 672 g/mol. The van der Waals surface area contributed by atoms with E-state index in [4.69, 9.17) is 23.2 Å². The van der Waals surface area contributed by atoms with E-state index in [9.17, 15) is 32.7 Å². The average molecular weight is 700 g/mol. The Morgan fingerprint density at radius 3 is 2.29 bits per heavy atom. The Morgan fingerprint density at radius 2 is 1.67 bits per heavy atom. The number of anilines is 1. The summed E-state index contributed by atoms with van der Waals surface area (Å²) in [6, 6.07) is 13.3. The molecule has 3 aromatic rings. The third-order valence-corrected chi connectivity index (χ3v) is 10.7. The number of phenolic OH excluding ortho intramolecular Hbond substituents is 1. The van der Waals surface area contributed by atoms with Crippen LogP contribution in [0, 0.1) is 23.7 Å². The molecule has 0 bridgehead atoms. The maximum Gasteiger partial charge on any atom is 0.417 e. The molecule has 48 heavy (non-hydrogen) atoms. The highest BCUT2D eigenvalue weighted by Crippen LogP contribution is 2.64. The number of hydrazine groups is 1. The lowest BCUT2D eigenvalue weighted by molar-refractivity contribution is -0.141. The minimum absolute atomic E-state index is 0.0255. The highest BCUT2D eigenvalue weighted by molar-refractivity contribution is 6.33. The fraction of sp³-hybridized carbons (Fsp3) is 0.324. The molecule has 2 N–H and O–H groups in total. The summed E-state index contributed by atoms with van der Waals surface area (Å²) in [7, 11) is 0. The molecule has 2 aromatic carbocycles. The van der Waals surface area contributed by atoms with Crippen LogP contribution in [-0.2, 0) is 30.8 Å². The predicted molar refractivity (Wildman–Crippen MR) is 167 cm³/mol. The van der Waals surface area contributed by atoms with Gasteiger partial charge in [-0.1, -0.05) is 59.1 Å². The number of aromatic hydroxyl groups is 1. The van der Waals surface area contributed by atoms with Gasteiger partial charge in [0.1, 0.15) is 5.75 Å². The highest BCUT2D eigenvalue weighted by atomic mass is 35.5. The van der Waals surface area contributed by atoms with Gasteiger partial charge < -0.3 is 5.11 Å². The van der Waals surface area contributed by atoms with E-state index in [1.807, 2.05) is 6.08 Å². The van der Waals surface area contributed by atoms with Gasteiger partial charge in [0.05, 0.1) is 33.8 Å². The van der Waals surface area contributed by atoms with Crippen molar-refractivity contribution < 1.29 is 37.5 Å². The van der Waals surface area contributed by atoms with Crippen LogP contribution < -0.4 is 5.43 Å². The van der Waals surface area contributed by atoms with Gasteiger partial charge in [-0.3, -0.25) is 29.5 Å². The first-order valence-corrected chi connectivity index (χ1v) is 16.0. The monoisotopic (exact) mass is 698 g/mol. The maximum atomic E-state index is 15.0. The van der Waals surface area contributed by atoms with Crippen LogP contribution in [0.15, 0.2) is 72.4 Å². The van der Waals surface area contributed by atoms with E-state index in [0.29, 0.717) is 34.0 Å². The first-order chi connectivity index (χ1) is 22.8. The molecule has 3 fully saturated rings. The molecule has 14 heteroatoms. The molecule has 0 unspecified atom stereocenters. The Labute approximate surface area is 282 Å². The average Bonchev–Trinajstić information content (AvgIpc) is 3.42. The van der Waals surface area contributed by atoms with Crippen LogP contribution in [0.4, 0.5) is 19.0 Å². The Kier molecular flexibility index (Phi) is 7.59. The van der Waals surface area contributed by atoms with Crippen LogP contribution in [0.25, 0.3) is 0 Å². The number of pyridine rings is 1. The Balaban J connectivity index is 1.43. The lowest BCUT2D eigenvalue weighted by atomic mass is 9.49. The molecular formula is C34H27Cl2F3N4O5. The second kappa shape index (κ2) is 11.3. The minimum Gasteiger partial charge on any atom is -0.508 e. The van der Waals surface area contributed by atoms with Crippen LogP contribution in [0.1, 0.15) is 42.4 Å². The standard InChI is InChI=1S/C34H27Cl2F3N4O5/c1-2-42-29(45)22-12-11-21-23(26(22)31(42)47)14-24-30(46)43(41-28-25(36)13-18(15-40-28)34(37,38)39)32(48)33(24,17-5-7-19(35)8-6-17)27(21)16-3-9-20(44)10-4-16/h3-11,13,15,22-24,26-27,44H,2,12,14H2,1H3,(H,40,41)/t22-,23+,24-,26-,27-,33+/m0/s1. The molecule has 248 valence electrons. The quantitative estimate of drug-likeness (QED) is 0.244. The topological polar surface area (TPSA) is 120 Å².